The third kappa shape index (κ3) is 8.73. The van der Waals surface area contributed by atoms with Crippen LogP contribution in [0.2, 0.25) is 0 Å². The van der Waals surface area contributed by atoms with E-state index in [0.29, 0.717) is 6.42 Å². The van der Waals surface area contributed by atoms with Gasteiger partial charge in [0.05, 0.1) is 11.3 Å². The van der Waals surface area contributed by atoms with Crippen LogP contribution < -0.4 is 4.31 Å². The number of allylic oxidation sites excluding steroid dienone is 2. The molecule has 0 spiro atoms. The van der Waals surface area contributed by atoms with Gasteiger partial charge in [0, 0.05) is 50.1 Å². The number of aryl methyl sites for hydroxylation is 2. The number of alkyl halides is 3. The summed E-state index contributed by atoms with van der Waals surface area (Å²) in [5.41, 5.74) is 8.13. The van der Waals surface area contributed by atoms with Gasteiger partial charge in [-0.1, -0.05) is 74.9 Å². The van der Waals surface area contributed by atoms with Gasteiger partial charge < -0.3 is 4.31 Å². The van der Waals surface area contributed by atoms with E-state index in [1.54, 1.807) is 12.1 Å². The SMILES string of the molecule is CC.CCN(Cc1cccc(CCC2=C(C)CC(c3ccc(C(F)(F)F)cc3)=N2)c1)SN(C)c1ccc(C)cc1. The molecule has 4 rings (SSSR count). The van der Waals surface area contributed by atoms with Gasteiger partial charge in [0.1, 0.15) is 0 Å². The molecule has 0 saturated carbocycles. The highest BCUT2D eigenvalue weighted by molar-refractivity contribution is 7.98. The van der Waals surface area contributed by atoms with Crippen molar-refractivity contribution in [3.8, 4) is 0 Å². The third-order valence-electron chi connectivity index (χ3n) is 6.73. The molecule has 0 amide bonds. The molecule has 3 aromatic rings. The molecule has 7 heteroatoms. The minimum atomic E-state index is -4.33. The molecule has 1 aliphatic rings. The largest absolute Gasteiger partial charge is 0.416 e. The summed E-state index contributed by atoms with van der Waals surface area (Å²) in [7, 11) is 2.09. The van der Waals surface area contributed by atoms with Crippen LogP contribution in [0.3, 0.4) is 0 Å². The molecule has 3 nitrogen and oxygen atoms in total. The highest BCUT2D eigenvalue weighted by atomic mass is 32.2. The molecule has 1 heterocycles. The summed E-state index contributed by atoms with van der Waals surface area (Å²) in [4.78, 5) is 4.80. The number of aliphatic imine (C=N–C) groups is 1. The second-order valence-electron chi connectivity index (χ2n) is 9.73. The van der Waals surface area contributed by atoms with Crippen molar-refractivity contribution in [2.24, 2.45) is 4.99 Å². The molecule has 0 N–H and O–H groups in total. The molecule has 0 atom stereocenters. The predicted octanol–water partition coefficient (Wildman–Crippen LogP) is 9.66. The number of hydrogen-bond donors (Lipinski definition) is 0. The van der Waals surface area contributed by atoms with Crippen molar-refractivity contribution < 1.29 is 13.2 Å². The molecule has 0 aromatic heterocycles. The molecular formula is C33H40F3N3S. The fourth-order valence-corrected chi connectivity index (χ4v) is 5.35. The lowest BCUT2D eigenvalue weighted by molar-refractivity contribution is -0.137. The third-order valence-corrected chi connectivity index (χ3v) is 7.80. The Kier molecular flexibility index (Phi) is 11.5. The summed E-state index contributed by atoms with van der Waals surface area (Å²) >= 11 is 1.72. The van der Waals surface area contributed by atoms with Crippen LogP contribution in [0.5, 0.6) is 0 Å². The molecule has 3 aromatic carbocycles. The molecule has 0 bridgehead atoms. The number of nitrogens with zero attached hydrogens (tertiary/aromatic N) is 3. The number of hydrogen-bond acceptors (Lipinski definition) is 4. The van der Waals surface area contributed by atoms with Crippen LogP contribution in [0.15, 0.2) is 89.1 Å². The zero-order valence-corrected chi connectivity index (χ0v) is 25.2. The van der Waals surface area contributed by atoms with E-state index in [1.165, 1.54) is 40.1 Å². The lowest BCUT2D eigenvalue weighted by Crippen LogP contribution is -2.22. The number of anilines is 1. The zero-order chi connectivity index (χ0) is 29.3. The molecule has 0 unspecified atom stereocenters. The number of rotatable bonds is 10. The van der Waals surface area contributed by atoms with E-state index in [4.69, 9.17) is 4.99 Å². The Bertz CT molecular complexity index is 1300. The minimum Gasteiger partial charge on any atom is -0.306 e. The monoisotopic (exact) mass is 567 g/mol. The summed E-state index contributed by atoms with van der Waals surface area (Å²) in [6.45, 7) is 12.1. The first-order valence-corrected chi connectivity index (χ1v) is 14.6. The topological polar surface area (TPSA) is 18.8 Å². The van der Waals surface area contributed by atoms with E-state index in [-0.39, 0.29) is 0 Å². The van der Waals surface area contributed by atoms with Crippen LogP contribution in [0.25, 0.3) is 0 Å². The maximum atomic E-state index is 12.9. The summed E-state index contributed by atoms with van der Waals surface area (Å²) in [5, 5.41) is 0. The molecule has 0 saturated heterocycles. The van der Waals surface area contributed by atoms with Gasteiger partial charge in [-0.25, -0.2) is 4.31 Å². The van der Waals surface area contributed by atoms with Gasteiger partial charge in [0.25, 0.3) is 0 Å². The Morgan fingerprint density at radius 2 is 1.52 bits per heavy atom. The van der Waals surface area contributed by atoms with Gasteiger partial charge >= 0.3 is 6.18 Å². The zero-order valence-electron chi connectivity index (χ0n) is 24.3. The second-order valence-corrected chi connectivity index (χ2v) is 11.0. The molecule has 0 fully saturated rings. The van der Waals surface area contributed by atoms with Crippen molar-refractivity contribution in [1.82, 2.24) is 4.31 Å². The average Bonchev–Trinajstić information content (AvgIpc) is 3.33. The highest BCUT2D eigenvalue weighted by Crippen LogP contribution is 2.31. The van der Waals surface area contributed by atoms with Gasteiger partial charge in [-0.3, -0.25) is 4.99 Å². The summed E-state index contributed by atoms with van der Waals surface area (Å²) in [5.74, 6) is 0. The van der Waals surface area contributed by atoms with Crippen LogP contribution in [0, 0.1) is 6.92 Å². The maximum absolute atomic E-state index is 12.9. The van der Waals surface area contributed by atoms with Gasteiger partial charge in [-0.05, 0) is 73.2 Å². The van der Waals surface area contributed by atoms with E-state index in [2.05, 4.69) is 85.0 Å². The van der Waals surface area contributed by atoms with Crippen molar-refractivity contribution in [2.45, 2.75) is 66.6 Å². The smallest absolute Gasteiger partial charge is 0.306 e. The highest BCUT2D eigenvalue weighted by Gasteiger charge is 2.30. The van der Waals surface area contributed by atoms with Crippen LogP contribution in [-0.4, -0.2) is 23.6 Å². The lowest BCUT2D eigenvalue weighted by Gasteiger charge is -2.26. The van der Waals surface area contributed by atoms with E-state index >= 15 is 0 Å². The van der Waals surface area contributed by atoms with Crippen LogP contribution in [0.1, 0.15) is 68.4 Å². The minimum absolute atomic E-state index is 0.633. The number of benzene rings is 3. The Morgan fingerprint density at radius 1 is 0.875 bits per heavy atom. The van der Waals surface area contributed by atoms with Crippen LogP contribution in [0.4, 0.5) is 18.9 Å². The Hall–Kier alpha value is -3.03. The van der Waals surface area contributed by atoms with E-state index in [0.717, 1.165) is 55.0 Å². The fraction of sp³-hybridized carbons (Fsp3) is 0.364. The van der Waals surface area contributed by atoms with Gasteiger partial charge in [-0.15, -0.1) is 0 Å². The van der Waals surface area contributed by atoms with E-state index in [9.17, 15) is 13.2 Å². The Labute approximate surface area is 242 Å². The average molecular weight is 568 g/mol. The normalized spacial score (nSPS) is 13.3. The maximum Gasteiger partial charge on any atom is 0.416 e. The molecule has 214 valence electrons. The molecular weight excluding hydrogens is 527 g/mol. The van der Waals surface area contributed by atoms with Crippen molar-refractivity contribution in [3.05, 3.63) is 112 Å². The van der Waals surface area contributed by atoms with Crippen molar-refractivity contribution in [3.63, 3.8) is 0 Å². The first kappa shape index (κ1) is 31.5. The molecule has 0 aliphatic carbocycles. The standard InChI is InChI=1S/C31H34F3N3S.C2H6/c1-5-37(38-36(4)28-16-9-22(2)10-17-28)21-25-8-6-7-24(20-25)11-18-29-23(3)19-30(35-29)26-12-14-27(15-13-26)31(32,33)34;1-2/h6-10,12-17,20H,5,11,18-19,21H2,1-4H3;1-2H3. The van der Waals surface area contributed by atoms with Gasteiger partial charge in [0.15, 0.2) is 0 Å². The second kappa shape index (κ2) is 14.6. The molecule has 40 heavy (non-hydrogen) atoms. The summed E-state index contributed by atoms with van der Waals surface area (Å²) in [6, 6.07) is 22.5. The first-order valence-electron chi connectivity index (χ1n) is 13.9. The molecule has 0 radical (unpaired) electrons. The summed E-state index contributed by atoms with van der Waals surface area (Å²) in [6.07, 6.45) is -1.97. The van der Waals surface area contributed by atoms with E-state index < -0.39 is 11.7 Å². The van der Waals surface area contributed by atoms with Gasteiger partial charge in [-0.2, -0.15) is 13.2 Å². The predicted molar refractivity (Wildman–Crippen MR) is 165 cm³/mol. The van der Waals surface area contributed by atoms with Gasteiger partial charge in [0.2, 0.25) is 0 Å². The number of halogens is 3. The summed E-state index contributed by atoms with van der Waals surface area (Å²) < 4.78 is 43.2. The lowest BCUT2D eigenvalue weighted by atomic mass is 10.0. The van der Waals surface area contributed by atoms with Crippen LogP contribution in [-0.2, 0) is 19.1 Å². The van der Waals surface area contributed by atoms with E-state index in [1.807, 2.05) is 13.8 Å². The van der Waals surface area contributed by atoms with Crippen LogP contribution >= 0.6 is 12.1 Å². The Morgan fingerprint density at radius 3 is 2.15 bits per heavy atom. The fourth-order valence-electron chi connectivity index (χ4n) is 4.46. The van der Waals surface area contributed by atoms with Crippen molar-refractivity contribution in [2.75, 3.05) is 17.9 Å². The first-order chi connectivity index (χ1) is 19.1. The Balaban J connectivity index is 0.00000216. The quantitative estimate of drug-likeness (QED) is 0.227. The van der Waals surface area contributed by atoms with Crippen molar-refractivity contribution in [1.29, 1.82) is 0 Å². The molecule has 1 aliphatic heterocycles. The van der Waals surface area contributed by atoms with Crippen molar-refractivity contribution >= 4 is 23.5 Å².